The Kier molecular flexibility index (Phi) is 6.16. The number of nitrogens with one attached hydrogen (secondary N) is 1. The minimum atomic E-state index is -0.774. The lowest BCUT2D eigenvalue weighted by molar-refractivity contribution is -0.210. The number of hydrogen-bond acceptors (Lipinski definition) is 5. The van der Waals surface area contributed by atoms with Gasteiger partial charge in [-0.3, -0.25) is 9.63 Å². The molecule has 0 saturated carbocycles. The van der Waals surface area contributed by atoms with Gasteiger partial charge in [0.15, 0.2) is 12.4 Å². The maximum atomic E-state index is 12.5. The SMILES string of the molecule is CCOC(C)O[C@H]1C(=O)N(C(=O)NOC(C)(C)C)[C@H]1c1ccccc1. The third-order valence-corrected chi connectivity index (χ3v) is 3.59. The van der Waals surface area contributed by atoms with Crippen LogP contribution in [0.4, 0.5) is 4.79 Å². The Bertz CT molecular complexity index is 599. The minimum absolute atomic E-state index is 0.421. The highest BCUT2D eigenvalue weighted by Crippen LogP contribution is 2.37. The minimum Gasteiger partial charge on any atom is -0.353 e. The van der Waals surface area contributed by atoms with Crippen LogP contribution in [0.2, 0.25) is 0 Å². The van der Waals surface area contributed by atoms with Gasteiger partial charge in [0.05, 0.1) is 5.60 Å². The number of benzene rings is 1. The van der Waals surface area contributed by atoms with Crippen LogP contribution < -0.4 is 5.48 Å². The highest BCUT2D eigenvalue weighted by molar-refractivity contribution is 6.02. The van der Waals surface area contributed by atoms with E-state index >= 15 is 0 Å². The maximum Gasteiger partial charge on any atom is 0.348 e. The fraction of sp³-hybridized carbons (Fsp3) is 0.556. The van der Waals surface area contributed by atoms with Gasteiger partial charge in [0.25, 0.3) is 5.91 Å². The van der Waals surface area contributed by atoms with Gasteiger partial charge in [0.2, 0.25) is 0 Å². The van der Waals surface area contributed by atoms with Gasteiger partial charge in [-0.2, -0.15) is 0 Å². The summed E-state index contributed by atoms with van der Waals surface area (Å²) in [5.41, 5.74) is 2.58. The highest BCUT2D eigenvalue weighted by atomic mass is 16.7. The second-order valence-corrected chi connectivity index (χ2v) is 6.77. The fourth-order valence-corrected chi connectivity index (χ4v) is 2.52. The summed E-state index contributed by atoms with van der Waals surface area (Å²) in [5.74, 6) is -0.421. The van der Waals surface area contributed by atoms with Crippen molar-refractivity contribution in [2.24, 2.45) is 0 Å². The van der Waals surface area contributed by atoms with Gasteiger partial charge in [0.1, 0.15) is 6.04 Å². The van der Waals surface area contributed by atoms with Crippen molar-refractivity contribution in [3.8, 4) is 0 Å². The first-order chi connectivity index (χ1) is 11.7. The molecule has 1 unspecified atom stereocenters. The zero-order valence-electron chi connectivity index (χ0n) is 15.3. The number of hydroxylamine groups is 1. The lowest BCUT2D eigenvalue weighted by atomic mass is 9.91. The van der Waals surface area contributed by atoms with E-state index in [1.54, 1.807) is 27.7 Å². The molecule has 1 fully saturated rings. The largest absolute Gasteiger partial charge is 0.353 e. The first kappa shape index (κ1) is 19.4. The molecule has 1 aromatic rings. The molecule has 7 nitrogen and oxygen atoms in total. The second kappa shape index (κ2) is 7.95. The summed E-state index contributed by atoms with van der Waals surface area (Å²) in [5, 5.41) is 0. The zero-order valence-corrected chi connectivity index (χ0v) is 15.3. The number of hydrogen-bond donors (Lipinski definition) is 1. The van der Waals surface area contributed by atoms with E-state index in [1.807, 2.05) is 37.3 Å². The van der Waals surface area contributed by atoms with Gasteiger partial charge in [-0.05, 0) is 40.2 Å². The molecule has 1 N–H and O–H groups in total. The molecule has 1 aliphatic rings. The number of carbonyl (C=O) groups excluding carboxylic acids is 2. The number of nitrogens with zero attached hydrogens (tertiary/aromatic N) is 1. The molecule has 0 spiro atoms. The lowest BCUT2D eigenvalue weighted by Crippen LogP contribution is -2.65. The number of carbonyl (C=O) groups is 2. The Morgan fingerprint density at radius 2 is 1.92 bits per heavy atom. The molecule has 1 heterocycles. The number of rotatable bonds is 6. The Morgan fingerprint density at radius 1 is 1.28 bits per heavy atom. The zero-order chi connectivity index (χ0) is 18.6. The Hall–Kier alpha value is -1.96. The molecular weight excluding hydrogens is 324 g/mol. The van der Waals surface area contributed by atoms with Crippen LogP contribution in [0, 0.1) is 0 Å². The third-order valence-electron chi connectivity index (χ3n) is 3.59. The molecule has 138 valence electrons. The van der Waals surface area contributed by atoms with E-state index in [1.165, 1.54) is 0 Å². The van der Waals surface area contributed by atoms with Crippen molar-refractivity contribution in [1.82, 2.24) is 10.4 Å². The summed E-state index contributed by atoms with van der Waals surface area (Å²) in [4.78, 5) is 31.3. The van der Waals surface area contributed by atoms with Crippen molar-refractivity contribution in [3.05, 3.63) is 35.9 Å². The molecule has 1 aliphatic heterocycles. The van der Waals surface area contributed by atoms with Crippen molar-refractivity contribution >= 4 is 11.9 Å². The molecule has 0 aliphatic carbocycles. The van der Waals surface area contributed by atoms with E-state index in [-0.39, 0.29) is 0 Å². The highest BCUT2D eigenvalue weighted by Gasteiger charge is 2.53. The van der Waals surface area contributed by atoms with Crippen LogP contribution in [0.15, 0.2) is 30.3 Å². The van der Waals surface area contributed by atoms with Crippen molar-refractivity contribution < 1.29 is 23.9 Å². The third kappa shape index (κ3) is 4.78. The van der Waals surface area contributed by atoms with Crippen LogP contribution in [-0.4, -0.2) is 41.4 Å². The predicted molar refractivity (Wildman–Crippen MR) is 91.4 cm³/mol. The summed E-state index contributed by atoms with van der Waals surface area (Å²) in [7, 11) is 0. The summed E-state index contributed by atoms with van der Waals surface area (Å²) >= 11 is 0. The van der Waals surface area contributed by atoms with Gasteiger partial charge in [0, 0.05) is 6.61 Å². The molecular formula is C18H26N2O5. The van der Waals surface area contributed by atoms with Crippen LogP contribution in [0.3, 0.4) is 0 Å². The van der Waals surface area contributed by atoms with E-state index in [0.717, 1.165) is 10.5 Å². The smallest absolute Gasteiger partial charge is 0.348 e. The van der Waals surface area contributed by atoms with Crippen LogP contribution in [0.1, 0.15) is 46.2 Å². The Labute approximate surface area is 148 Å². The normalized spacial score (nSPS) is 21.6. The standard InChI is InChI=1S/C18H26N2O5/c1-6-23-12(2)24-15-14(13-10-8-7-9-11-13)20(16(15)21)17(22)19-25-18(3,4)5/h7-12,14-15H,6H2,1-5H3,(H,19,22)/t12?,14-,15+/m0/s1. The first-order valence-corrected chi connectivity index (χ1v) is 8.37. The molecule has 3 amide bonds. The number of imide groups is 1. The molecule has 0 aromatic heterocycles. The number of urea groups is 1. The summed E-state index contributed by atoms with van der Waals surface area (Å²) in [6.07, 6.45) is -1.31. The lowest BCUT2D eigenvalue weighted by Gasteiger charge is -2.45. The Balaban J connectivity index is 2.15. The van der Waals surface area contributed by atoms with Crippen LogP contribution >= 0.6 is 0 Å². The first-order valence-electron chi connectivity index (χ1n) is 8.37. The van der Waals surface area contributed by atoms with E-state index in [4.69, 9.17) is 14.3 Å². The topological polar surface area (TPSA) is 77.1 Å². The molecule has 25 heavy (non-hydrogen) atoms. The van der Waals surface area contributed by atoms with Gasteiger partial charge < -0.3 is 9.47 Å². The van der Waals surface area contributed by atoms with Gasteiger partial charge in [-0.25, -0.2) is 15.2 Å². The predicted octanol–water partition coefficient (Wildman–Crippen LogP) is 2.78. The summed E-state index contributed by atoms with van der Waals surface area (Å²) in [6.45, 7) is 9.45. The quantitative estimate of drug-likeness (QED) is 0.485. The maximum absolute atomic E-state index is 12.5. The van der Waals surface area contributed by atoms with E-state index < -0.39 is 36.0 Å². The number of amides is 3. The summed E-state index contributed by atoms with van der Waals surface area (Å²) < 4.78 is 11.0. The van der Waals surface area contributed by atoms with E-state index in [2.05, 4.69) is 5.48 Å². The molecule has 0 bridgehead atoms. The van der Waals surface area contributed by atoms with E-state index in [0.29, 0.717) is 6.61 Å². The van der Waals surface area contributed by atoms with Gasteiger partial charge >= 0.3 is 6.03 Å². The number of β-lactam (4-membered cyclic amide) rings is 1. The van der Waals surface area contributed by atoms with Gasteiger partial charge in [-0.15, -0.1) is 0 Å². The number of ether oxygens (including phenoxy) is 2. The molecule has 2 rings (SSSR count). The van der Waals surface area contributed by atoms with E-state index in [9.17, 15) is 9.59 Å². The fourth-order valence-electron chi connectivity index (χ4n) is 2.52. The van der Waals surface area contributed by atoms with Crippen molar-refractivity contribution in [1.29, 1.82) is 0 Å². The number of likely N-dealkylation sites (tertiary alicyclic amines) is 1. The van der Waals surface area contributed by atoms with Gasteiger partial charge in [-0.1, -0.05) is 30.3 Å². The van der Waals surface area contributed by atoms with Crippen LogP contribution in [0.25, 0.3) is 0 Å². The second-order valence-electron chi connectivity index (χ2n) is 6.77. The van der Waals surface area contributed by atoms with Crippen LogP contribution in [-0.2, 0) is 19.1 Å². The van der Waals surface area contributed by atoms with Crippen molar-refractivity contribution in [2.45, 2.75) is 58.7 Å². The molecule has 3 atom stereocenters. The van der Waals surface area contributed by atoms with Crippen molar-refractivity contribution in [3.63, 3.8) is 0 Å². The Morgan fingerprint density at radius 3 is 2.48 bits per heavy atom. The average molecular weight is 350 g/mol. The van der Waals surface area contributed by atoms with Crippen molar-refractivity contribution in [2.75, 3.05) is 6.61 Å². The molecule has 1 aromatic carbocycles. The average Bonchev–Trinajstić information content (AvgIpc) is 2.55. The molecule has 7 heteroatoms. The molecule has 1 saturated heterocycles. The molecule has 0 radical (unpaired) electrons. The summed E-state index contributed by atoms with van der Waals surface area (Å²) in [6, 6.07) is 8.13. The van der Waals surface area contributed by atoms with Crippen LogP contribution in [0.5, 0.6) is 0 Å². The monoisotopic (exact) mass is 350 g/mol.